The van der Waals surface area contributed by atoms with Crippen molar-refractivity contribution in [3.05, 3.63) is 54.1 Å². The molecular weight excluding hydrogens is 276 g/mol. The summed E-state index contributed by atoms with van der Waals surface area (Å²) in [4.78, 5) is 13.1. The predicted molar refractivity (Wildman–Crippen MR) is 90.6 cm³/mol. The molecule has 1 atom stereocenters. The Hall–Kier alpha value is -2.49. The van der Waals surface area contributed by atoms with Crippen LogP contribution in [0.4, 0.5) is 11.4 Å². The van der Waals surface area contributed by atoms with E-state index in [-0.39, 0.29) is 11.9 Å². The molecule has 0 fully saturated rings. The summed E-state index contributed by atoms with van der Waals surface area (Å²) >= 11 is 0. The minimum absolute atomic E-state index is 0.00919. The first-order valence-corrected chi connectivity index (χ1v) is 7.26. The molecule has 0 saturated carbocycles. The Morgan fingerprint density at radius 3 is 2.59 bits per heavy atom. The highest BCUT2D eigenvalue weighted by Gasteiger charge is 2.12. The molecule has 22 heavy (non-hydrogen) atoms. The molecule has 4 heteroatoms. The third kappa shape index (κ3) is 3.58. The van der Waals surface area contributed by atoms with Gasteiger partial charge in [0.15, 0.2) is 0 Å². The maximum Gasteiger partial charge on any atom is 0.223 e. The van der Waals surface area contributed by atoms with Crippen LogP contribution in [-0.4, -0.2) is 20.1 Å². The van der Waals surface area contributed by atoms with Crippen molar-refractivity contribution in [3.8, 4) is 5.75 Å². The highest BCUT2D eigenvalue weighted by Crippen LogP contribution is 2.28. The van der Waals surface area contributed by atoms with Gasteiger partial charge in [-0.25, -0.2) is 0 Å². The van der Waals surface area contributed by atoms with Crippen LogP contribution in [0.3, 0.4) is 0 Å². The third-order valence-corrected chi connectivity index (χ3v) is 3.69. The summed E-state index contributed by atoms with van der Waals surface area (Å²) < 4.78 is 5.40. The van der Waals surface area contributed by atoms with Crippen molar-refractivity contribution < 1.29 is 9.53 Å². The van der Waals surface area contributed by atoms with E-state index < -0.39 is 0 Å². The van der Waals surface area contributed by atoms with Crippen LogP contribution in [0.25, 0.3) is 0 Å². The number of carbonyl (C=O) groups excluding carboxylic acids is 1. The maximum atomic E-state index is 11.5. The van der Waals surface area contributed by atoms with Crippen molar-refractivity contribution in [2.45, 2.75) is 19.9 Å². The van der Waals surface area contributed by atoms with Crippen LogP contribution >= 0.6 is 0 Å². The van der Waals surface area contributed by atoms with E-state index in [9.17, 15) is 4.79 Å². The minimum atomic E-state index is 0.00919. The van der Waals surface area contributed by atoms with Crippen molar-refractivity contribution in [3.63, 3.8) is 0 Å². The fourth-order valence-corrected chi connectivity index (χ4v) is 2.34. The minimum Gasteiger partial charge on any atom is -0.496 e. The second-order valence-electron chi connectivity index (χ2n) is 5.24. The SMILES string of the molecule is COc1ccccc1[C@H](C)Nc1cccc(N(C)C(C)=O)c1. The summed E-state index contributed by atoms with van der Waals surface area (Å²) in [6, 6.07) is 15.8. The van der Waals surface area contributed by atoms with E-state index in [1.54, 1.807) is 26.0 Å². The largest absolute Gasteiger partial charge is 0.496 e. The molecule has 2 aromatic carbocycles. The van der Waals surface area contributed by atoms with Crippen molar-refractivity contribution in [2.24, 2.45) is 0 Å². The maximum absolute atomic E-state index is 11.5. The molecule has 0 saturated heterocycles. The van der Waals surface area contributed by atoms with Gasteiger partial charge in [0.1, 0.15) is 5.75 Å². The van der Waals surface area contributed by atoms with Crippen molar-refractivity contribution in [1.29, 1.82) is 0 Å². The van der Waals surface area contributed by atoms with Gasteiger partial charge in [-0.05, 0) is 31.2 Å². The van der Waals surface area contributed by atoms with Gasteiger partial charge >= 0.3 is 0 Å². The summed E-state index contributed by atoms with van der Waals surface area (Å²) in [6.45, 7) is 3.64. The van der Waals surface area contributed by atoms with Gasteiger partial charge in [0, 0.05) is 30.9 Å². The Balaban J connectivity index is 2.20. The number of rotatable bonds is 5. The second-order valence-corrected chi connectivity index (χ2v) is 5.24. The number of methoxy groups -OCH3 is 1. The number of ether oxygens (including phenoxy) is 1. The standard InChI is InChI=1S/C18H22N2O2/c1-13(17-10-5-6-11-18(17)22-4)19-15-8-7-9-16(12-15)20(3)14(2)21/h5-13,19H,1-4H3/t13-/m0/s1. The lowest BCUT2D eigenvalue weighted by molar-refractivity contribution is -0.116. The molecule has 0 heterocycles. The number of hydrogen-bond donors (Lipinski definition) is 1. The number of nitrogens with zero attached hydrogens (tertiary/aromatic N) is 1. The van der Waals surface area contributed by atoms with Crippen LogP contribution in [0, 0.1) is 0 Å². The summed E-state index contributed by atoms with van der Waals surface area (Å²) in [6.07, 6.45) is 0. The predicted octanol–water partition coefficient (Wildman–Crippen LogP) is 3.85. The fraction of sp³-hybridized carbons (Fsp3) is 0.278. The molecule has 0 unspecified atom stereocenters. The zero-order valence-electron chi connectivity index (χ0n) is 13.5. The Bertz CT molecular complexity index is 655. The smallest absolute Gasteiger partial charge is 0.223 e. The van der Waals surface area contributed by atoms with Crippen molar-refractivity contribution >= 4 is 17.3 Å². The Morgan fingerprint density at radius 1 is 1.18 bits per heavy atom. The monoisotopic (exact) mass is 298 g/mol. The van der Waals surface area contributed by atoms with Crippen LogP contribution in [0.15, 0.2) is 48.5 Å². The molecule has 1 amide bonds. The normalized spacial score (nSPS) is 11.6. The first-order chi connectivity index (χ1) is 10.5. The quantitative estimate of drug-likeness (QED) is 0.911. The van der Waals surface area contributed by atoms with Crippen LogP contribution < -0.4 is 15.0 Å². The zero-order chi connectivity index (χ0) is 16.1. The lowest BCUT2D eigenvalue weighted by atomic mass is 10.1. The summed E-state index contributed by atoms with van der Waals surface area (Å²) in [5, 5.41) is 3.45. The van der Waals surface area contributed by atoms with Crippen molar-refractivity contribution in [1.82, 2.24) is 0 Å². The van der Waals surface area contributed by atoms with E-state index in [0.717, 1.165) is 22.7 Å². The zero-order valence-corrected chi connectivity index (χ0v) is 13.5. The number of para-hydroxylation sites is 1. The molecule has 0 aliphatic heterocycles. The van der Waals surface area contributed by atoms with Gasteiger partial charge in [-0.3, -0.25) is 4.79 Å². The molecule has 0 aliphatic carbocycles. The van der Waals surface area contributed by atoms with Crippen molar-refractivity contribution in [2.75, 3.05) is 24.4 Å². The molecule has 2 rings (SSSR count). The molecule has 0 aromatic heterocycles. The van der Waals surface area contributed by atoms with E-state index in [4.69, 9.17) is 4.74 Å². The lowest BCUT2D eigenvalue weighted by Gasteiger charge is -2.20. The highest BCUT2D eigenvalue weighted by atomic mass is 16.5. The van der Waals surface area contributed by atoms with E-state index >= 15 is 0 Å². The van der Waals surface area contributed by atoms with E-state index in [0.29, 0.717) is 0 Å². The Morgan fingerprint density at radius 2 is 1.91 bits per heavy atom. The average molecular weight is 298 g/mol. The summed E-state index contributed by atoms with van der Waals surface area (Å²) in [7, 11) is 3.44. The van der Waals surface area contributed by atoms with Gasteiger partial charge in [-0.15, -0.1) is 0 Å². The third-order valence-electron chi connectivity index (χ3n) is 3.69. The lowest BCUT2D eigenvalue weighted by Crippen LogP contribution is -2.22. The number of nitrogens with one attached hydrogen (secondary N) is 1. The number of benzene rings is 2. The number of anilines is 2. The number of hydrogen-bond acceptors (Lipinski definition) is 3. The number of carbonyl (C=O) groups is 1. The van der Waals surface area contributed by atoms with E-state index in [2.05, 4.69) is 12.2 Å². The molecular formula is C18H22N2O2. The molecule has 4 nitrogen and oxygen atoms in total. The molecule has 0 bridgehead atoms. The Kier molecular flexibility index (Phi) is 5.04. The fourth-order valence-electron chi connectivity index (χ4n) is 2.34. The van der Waals surface area contributed by atoms with Gasteiger partial charge in [0.25, 0.3) is 0 Å². The van der Waals surface area contributed by atoms with Gasteiger partial charge in [-0.1, -0.05) is 24.3 Å². The first kappa shape index (κ1) is 15.9. The molecule has 0 aliphatic rings. The summed E-state index contributed by atoms with van der Waals surface area (Å²) in [5.74, 6) is 0.870. The van der Waals surface area contributed by atoms with Gasteiger partial charge < -0.3 is 15.0 Å². The second kappa shape index (κ2) is 6.98. The molecule has 116 valence electrons. The molecule has 1 N–H and O–H groups in total. The van der Waals surface area contributed by atoms with Crippen LogP contribution in [0.2, 0.25) is 0 Å². The summed E-state index contributed by atoms with van der Waals surface area (Å²) in [5.41, 5.74) is 2.92. The van der Waals surface area contributed by atoms with Gasteiger partial charge in [-0.2, -0.15) is 0 Å². The molecule has 0 spiro atoms. The van der Waals surface area contributed by atoms with E-state index in [1.807, 2.05) is 48.5 Å². The van der Waals surface area contributed by atoms with Gasteiger partial charge in [0.05, 0.1) is 13.2 Å². The Labute approximate surface area is 131 Å². The van der Waals surface area contributed by atoms with E-state index in [1.165, 1.54) is 0 Å². The topological polar surface area (TPSA) is 41.6 Å². The highest BCUT2D eigenvalue weighted by molar-refractivity contribution is 5.91. The molecule has 0 radical (unpaired) electrons. The molecule has 2 aromatic rings. The van der Waals surface area contributed by atoms with Gasteiger partial charge in [0.2, 0.25) is 5.91 Å². The van der Waals surface area contributed by atoms with Crippen LogP contribution in [0.5, 0.6) is 5.75 Å². The van der Waals surface area contributed by atoms with Crippen LogP contribution in [-0.2, 0) is 4.79 Å². The average Bonchev–Trinajstić information content (AvgIpc) is 2.54. The first-order valence-electron chi connectivity index (χ1n) is 7.26. The number of amides is 1. The van der Waals surface area contributed by atoms with Crippen LogP contribution in [0.1, 0.15) is 25.5 Å².